The highest BCUT2D eigenvalue weighted by atomic mass is 32.1. The minimum atomic E-state index is 0.635. The normalized spacial score (nSPS) is 11.9. The van der Waals surface area contributed by atoms with Crippen LogP contribution in [0.2, 0.25) is 0 Å². The Bertz CT molecular complexity index is 3480. The quantitative estimate of drug-likeness (QED) is 0.174. The van der Waals surface area contributed by atoms with Crippen molar-refractivity contribution >= 4 is 85.1 Å². The Labute approximate surface area is 333 Å². The van der Waals surface area contributed by atoms with Crippen LogP contribution in [0, 0.1) is 0 Å². The molecule has 0 fully saturated rings. The molecule has 0 radical (unpaired) electrons. The number of hydrogen-bond donors (Lipinski definition) is 0. The van der Waals surface area contributed by atoms with Crippen LogP contribution >= 0.6 is 22.7 Å². The van der Waals surface area contributed by atoms with Crippen molar-refractivity contribution in [3.63, 3.8) is 0 Å². The first kappa shape index (κ1) is 32.1. The highest BCUT2D eigenvalue weighted by Gasteiger charge is 2.21. The molecule has 7 aromatic carbocycles. The van der Waals surface area contributed by atoms with Crippen molar-refractivity contribution in [1.82, 2.24) is 24.9 Å². The fourth-order valence-electron chi connectivity index (χ4n) is 7.87. The van der Waals surface area contributed by atoms with Crippen LogP contribution in [0.25, 0.3) is 119 Å². The van der Waals surface area contributed by atoms with E-state index in [2.05, 4.69) is 84.9 Å². The van der Waals surface area contributed by atoms with Crippen molar-refractivity contribution in [2.45, 2.75) is 0 Å². The summed E-state index contributed by atoms with van der Waals surface area (Å²) >= 11 is 3.51. The summed E-state index contributed by atoms with van der Waals surface area (Å²) in [6.45, 7) is 0. The van der Waals surface area contributed by atoms with Crippen molar-refractivity contribution in [2.24, 2.45) is 0 Å². The fourth-order valence-corrected chi connectivity index (χ4v) is 10.1. The van der Waals surface area contributed by atoms with Crippen LogP contribution < -0.4 is 0 Å². The average molecular weight is 766 g/mol. The number of aromatic nitrogens is 5. The molecule has 266 valence electrons. The van der Waals surface area contributed by atoms with Crippen LogP contribution in [0.5, 0.6) is 0 Å². The number of rotatable bonds is 5. The van der Waals surface area contributed by atoms with Gasteiger partial charge in [-0.3, -0.25) is 0 Å². The van der Waals surface area contributed by atoms with Gasteiger partial charge in [-0.1, -0.05) is 121 Å². The van der Waals surface area contributed by atoms with Crippen LogP contribution in [-0.4, -0.2) is 24.9 Å². The van der Waals surface area contributed by atoms with Crippen LogP contribution in [-0.2, 0) is 0 Å². The van der Waals surface area contributed by atoms with Crippen molar-refractivity contribution < 1.29 is 4.42 Å². The summed E-state index contributed by atoms with van der Waals surface area (Å²) in [5.74, 6) is 2.57. The zero-order chi connectivity index (χ0) is 37.5. The lowest BCUT2D eigenvalue weighted by Crippen LogP contribution is -2.00. The molecule has 0 unspecified atom stereocenters. The maximum absolute atomic E-state index is 6.30. The highest BCUT2D eigenvalue weighted by molar-refractivity contribution is 7.26. The summed E-state index contributed by atoms with van der Waals surface area (Å²) in [4.78, 5) is 25.8. The number of hydrogen-bond acceptors (Lipinski definition) is 8. The number of thiophene rings is 2. The first-order valence-electron chi connectivity index (χ1n) is 18.7. The predicted molar refractivity (Wildman–Crippen MR) is 236 cm³/mol. The Hall–Kier alpha value is -7.13. The van der Waals surface area contributed by atoms with Crippen LogP contribution in [0.3, 0.4) is 0 Å². The predicted octanol–water partition coefficient (Wildman–Crippen LogP) is 13.6. The van der Waals surface area contributed by atoms with E-state index in [0.29, 0.717) is 23.3 Å². The molecule has 0 N–H and O–H groups in total. The van der Waals surface area contributed by atoms with Crippen LogP contribution in [0.4, 0.5) is 0 Å². The third-order valence-electron chi connectivity index (χ3n) is 10.6. The Balaban J connectivity index is 1.08. The third kappa shape index (κ3) is 5.26. The molecule has 0 spiro atoms. The molecule has 12 rings (SSSR count). The summed E-state index contributed by atoms with van der Waals surface area (Å²) in [5, 5.41) is 5.53. The van der Waals surface area contributed by atoms with Crippen molar-refractivity contribution in [3.05, 3.63) is 164 Å². The van der Waals surface area contributed by atoms with Gasteiger partial charge in [0.1, 0.15) is 11.2 Å². The molecule has 5 heterocycles. The second-order valence-electron chi connectivity index (χ2n) is 14.0. The molecule has 0 atom stereocenters. The molecule has 57 heavy (non-hydrogen) atoms. The van der Waals surface area contributed by atoms with Crippen molar-refractivity contribution in [1.29, 1.82) is 0 Å². The summed E-state index contributed by atoms with van der Waals surface area (Å²) in [6.07, 6.45) is 0. The Kier molecular flexibility index (Phi) is 7.17. The van der Waals surface area contributed by atoms with E-state index in [9.17, 15) is 0 Å². The van der Waals surface area contributed by atoms with Gasteiger partial charge < -0.3 is 4.42 Å². The zero-order valence-corrected chi connectivity index (χ0v) is 31.7. The van der Waals surface area contributed by atoms with E-state index >= 15 is 0 Å². The molecule has 8 heteroatoms. The molecule has 0 saturated heterocycles. The average Bonchev–Trinajstić information content (AvgIpc) is 3.97. The van der Waals surface area contributed by atoms with Gasteiger partial charge in [-0.15, -0.1) is 22.7 Å². The number of furan rings is 1. The third-order valence-corrected chi connectivity index (χ3v) is 12.9. The zero-order valence-electron chi connectivity index (χ0n) is 30.0. The van der Waals surface area contributed by atoms with Gasteiger partial charge in [-0.25, -0.2) is 24.9 Å². The number of nitrogens with zero attached hydrogens (tertiary/aromatic N) is 5. The van der Waals surface area contributed by atoms with Gasteiger partial charge in [-0.2, -0.15) is 0 Å². The van der Waals surface area contributed by atoms with Crippen LogP contribution in [0.15, 0.2) is 168 Å². The van der Waals surface area contributed by atoms with Crippen LogP contribution in [0.1, 0.15) is 0 Å². The maximum atomic E-state index is 6.30. The minimum absolute atomic E-state index is 0.635. The maximum Gasteiger partial charge on any atom is 0.164 e. The summed E-state index contributed by atoms with van der Waals surface area (Å²) in [7, 11) is 0. The Morgan fingerprint density at radius 3 is 1.81 bits per heavy atom. The molecule has 12 aromatic rings. The van der Waals surface area contributed by atoms with Crippen molar-refractivity contribution in [3.8, 4) is 56.8 Å². The topological polar surface area (TPSA) is 77.6 Å². The van der Waals surface area contributed by atoms with E-state index in [-0.39, 0.29) is 0 Å². The first-order chi connectivity index (χ1) is 28.2. The van der Waals surface area contributed by atoms with Gasteiger partial charge in [-0.05, 0) is 42.5 Å². The van der Waals surface area contributed by atoms with E-state index in [1.54, 1.807) is 22.7 Å². The van der Waals surface area contributed by atoms with Gasteiger partial charge in [0.15, 0.2) is 23.3 Å². The molecule has 5 aromatic heterocycles. The lowest BCUT2D eigenvalue weighted by atomic mass is 10.0. The molecule has 6 nitrogen and oxygen atoms in total. The molecule has 0 aliphatic carbocycles. The number of fused-ring (bicyclic) bond motifs is 9. The monoisotopic (exact) mass is 765 g/mol. The van der Waals surface area contributed by atoms with E-state index in [0.717, 1.165) is 86.5 Å². The van der Waals surface area contributed by atoms with Crippen molar-refractivity contribution in [2.75, 3.05) is 0 Å². The first-order valence-corrected chi connectivity index (χ1v) is 20.3. The SMILES string of the molecule is c1ccc(-c2nc(-c3ccccc3)nc(-c3cccc4sc5ccc(-c6nc(-c7ccc8c(c7)oc7ccccc78)nc7c6sc6ccccc67)cc5c34)n2)cc1. The van der Waals surface area contributed by atoms with E-state index in [4.69, 9.17) is 29.3 Å². The molecular weight excluding hydrogens is 739 g/mol. The molecule has 0 amide bonds. The van der Waals surface area contributed by atoms with E-state index < -0.39 is 0 Å². The van der Waals surface area contributed by atoms with Gasteiger partial charge in [0.25, 0.3) is 0 Å². The standard InChI is InChI=1S/C49H27N5OS2/c1-3-12-28(13-4-1)46-52-47(29-14-5-2-6-15-29)54-49(53-46)35-18-11-21-41-42(35)36-26-30(23-25-40(36)56-41)43-45-44(34-17-8-10-20-39(34)57-45)51-48(50-43)31-22-24-33-32-16-7-9-19-37(32)55-38(33)27-31/h1-27H. The smallest absolute Gasteiger partial charge is 0.164 e. The molecule has 0 bridgehead atoms. The highest BCUT2D eigenvalue weighted by Crippen LogP contribution is 2.44. The lowest BCUT2D eigenvalue weighted by Gasteiger charge is -2.10. The largest absolute Gasteiger partial charge is 0.456 e. The van der Waals surface area contributed by atoms with E-state index in [1.807, 2.05) is 78.9 Å². The minimum Gasteiger partial charge on any atom is -0.456 e. The Morgan fingerprint density at radius 1 is 0.368 bits per heavy atom. The van der Waals surface area contributed by atoms with Gasteiger partial charge in [0.05, 0.1) is 15.9 Å². The Morgan fingerprint density at radius 2 is 1.00 bits per heavy atom. The number of benzene rings is 7. The second-order valence-corrected chi connectivity index (χ2v) is 16.1. The van der Waals surface area contributed by atoms with Gasteiger partial charge in [0, 0.05) is 68.8 Å². The summed E-state index contributed by atoms with van der Waals surface area (Å²) in [6, 6.07) is 56.3. The molecule has 0 aliphatic rings. The van der Waals surface area contributed by atoms with E-state index in [1.165, 1.54) is 9.40 Å². The lowest BCUT2D eigenvalue weighted by molar-refractivity contribution is 0.669. The molecule has 0 saturated carbocycles. The van der Waals surface area contributed by atoms with Gasteiger partial charge >= 0.3 is 0 Å². The summed E-state index contributed by atoms with van der Waals surface area (Å²) < 4.78 is 10.9. The molecular formula is C49H27N5OS2. The summed E-state index contributed by atoms with van der Waals surface area (Å²) in [5.41, 5.74) is 8.30. The second kappa shape index (κ2) is 12.7. The van der Waals surface area contributed by atoms with Gasteiger partial charge in [0.2, 0.25) is 0 Å². The molecule has 0 aliphatic heterocycles. The number of para-hydroxylation sites is 1. The fraction of sp³-hybridized carbons (Fsp3) is 0.